The molecule has 1 aromatic carbocycles. The van der Waals surface area contributed by atoms with Gasteiger partial charge < -0.3 is 5.11 Å². The molecule has 0 aliphatic carbocycles. The van der Waals surface area contributed by atoms with E-state index in [0.717, 1.165) is 23.5 Å². The van der Waals surface area contributed by atoms with Gasteiger partial charge in [-0.15, -0.1) is 11.3 Å². The second kappa shape index (κ2) is 6.29. The van der Waals surface area contributed by atoms with Gasteiger partial charge >= 0.3 is 0 Å². The van der Waals surface area contributed by atoms with Crippen LogP contribution in [0.25, 0.3) is 0 Å². The molecule has 0 unspecified atom stereocenters. The fourth-order valence-electron chi connectivity index (χ4n) is 1.49. The number of thiophene rings is 1. The van der Waals surface area contributed by atoms with Crippen LogP contribution in [0.4, 0.5) is 14.5 Å². The van der Waals surface area contributed by atoms with Gasteiger partial charge in [0.1, 0.15) is 10.6 Å². The van der Waals surface area contributed by atoms with Crippen LogP contribution in [0.3, 0.4) is 0 Å². The van der Waals surface area contributed by atoms with Crippen molar-refractivity contribution in [2.24, 2.45) is 0 Å². The van der Waals surface area contributed by atoms with Gasteiger partial charge in [0.05, 0.1) is 10.4 Å². The molecule has 0 spiro atoms. The average Bonchev–Trinajstić information content (AvgIpc) is 2.76. The maximum atomic E-state index is 13.7. The van der Waals surface area contributed by atoms with Gasteiger partial charge in [-0.3, -0.25) is 4.72 Å². The quantitative estimate of drug-likeness (QED) is 0.725. The van der Waals surface area contributed by atoms with Crippen molar-refractivity contribution in [1.82, 2.24) is 0 Å². The fraction of sp³-hybridized carbons (Fsp3) is 0.0909. The standard InChI is InChI=1S/C11H7Br2F2NO3S2/c12-5-1-7(14)10(8(15)2-5)16-21(18,19)9-3-6(4-17)20-11(9)13/h1-3,16-17H,4H2. The fourth-order valence-corrected chi connectivity index (χ4v) is 5.51. The van der Waals surface area contributed by atoms with E-state index in [4.69, 9.17) is 5.11 Å². The molecule has 0 atom stereocenters. The molecule has 21 heavy (non-hydrogen) atoms. The number of aliphatic hydroxyl groups is 1. The van der Waals surface area contributed by atoms with Crippen LogP contribution in [0.1, 0.15) is 4.88 Å². The van der Waals surface area contributed by atoms with Crippen LogP contribution in [-0.2, 0) is 16.6 Å². The summed E-state index contributed by atoms with van der Waals surface area (Å²) < 4.78 is 54.0. The number of aliphatic hydroxyl groups excluding tert-OH is 1. The first-order chi connectivity index (χ1) is 9.74. The highest BCUT2D eigenvalue weighted by molar-refractivity contribution is 9.11. The van der Waals surface area contributed by atoms with Crippen LogP contribution < -0.4 is 4.72 Å². The molecule has 0 saturated heterocycles. The molecule has 0 bridgehead atoms. The highest BCUT2D eigenvalue weighted by Gasteiger charge is 2.24. The van der Waals surface area contributed by atoms with Crippen molar-refractivity contribution in [2.75, 3.05) is 4.72 Å². The first kappa shape index (κ1) is 16.8. The van der Waals surface area contributed by atoms with Crippen molar-refractivity contribution in [2.45, 2.75) is 11.5 Å². The highest BCUT2D eigenvalue weighted by atomic mass is 79.9. The molecule has 0 aliphatic rings. The van der Waals surface area contributed by atoms with Gasteiger partial charge in [0.2, 0.25) is 0 Å². The first-order valence-corrected chi connectivity index (χ1v) is 9.19. The third-order valence-electron chi connectivity index (χ3n) is 2.40. The maximum Gasteiger partial charge on any atom is 0.264 e. The lowest BCUT2D eigenvalue weighted by molar-refractivity contribution is 0.285. The van der Waals surface area contributed by atoms with Gasteiger partial charge in [-0.1, -0.05) is 15.9 Å². The van der Waals surface area contributed by atoms with E-state index in [1.54, 1.807) is 0 Å². The minimum atomic E-state index is -4.18. The van der Waals surface area contributed by atoms with Crippen LogP contribution in [0.5, 0.6) is 0 Å². The molecule has 0 aliphatic heterocycles. The molecule has 0 radical (unpaired) electrons. The number of nitrogens with one attached hydrogen (secondary N) is 1. The maximum absolute atomic E-state index is 13.7. The Morgan fingerprint density at radius 3 is 2.24 bits per heavy atom. The summed E-state index contributed by atoms with van der Waals surface area (Å²) in [5, 5.41) is 9.00. The Morgan fingerprint density at radius 2 is 1.76 bits per heavy atom. The number of halogens is 4. The molecular weight excluding hydrogens is 456 g/mol. The molecule has 10 heteroatoms. The summed E-state index contributed by atoms with van der Waals surface area (Å²) in [7, 11) is -4.18. The predicted molar refractivity (Wildman–Crippen MR) is 82.8 cm³/mol. The van der Waals surface area contributed by atoms with E-state index >= 15 is 0 Å². The molecule has 2 N–H and O–H groups in total. The lowest BCUT2D eigenvalue weighted by Gasteiger charge is -2.09. The Labute approximate surface area is 140 Å². The normalized spacial score (nSPS) is 11.7. The van der Waals surface area contributed by atoms with E-state index in [-0.39, 0.29) is 19.8 Å². The number of benzene rings is 1. The van der Waals surface area contributed by atoms with Crippen molar-refractivity contribution >= 4 is 58.9 Å². The number of hydrogen-bond donors (Lipinski definition) is 2. The average molecular weight is 463 g/mol. The van der Waals surface area contributed by atoms with Gasteiger partial charge in [-0.2, -0.15) is 0 Å². The lowest BCUT2D eigenvalue weighted by Crippen LogP contribution is -2.15. The molecule has 0 fully saturated rings. The smallest absolute Gasteiger partial charge is 0.264 e. The van der Waals surface area contributed by atoms with E-state index in [0.29, 0.717) is 4.88 Å². The van der Waals surface area contributed by atoms with Crippen molar-refractivity contribution in [1.29, 1.82) is 0 Å². The Hall–Kier alpha value is -0.550. The van der Waals surface area contributed by atoms with Gasteiger partial charge in [-0.05, 0) is 34.1 Å². The Balaban J connectivity index is 2.44. The summed E-state index contributed by atoms with van der Waals surface area (Å²) in [4.78, 5) is 0.206. The second-order valence-corrected chi connectivity index (χ2v) is 8.88. The molecule has 1 aromatic heterocycles. The third-order valence-corrected chi connectivity index (χ3v) is 6.44. The van der Waals surface area contributed by atoms with E-state index < -0.39 is 27.3 Å². The van der Waals surface area contributed by atoms with Crippen LogP contribution >= 0.6 is 43.2 Å². The summed E-state index contributed by atoms with van der Waals surface area (Å²) >= 11 is 6.97. The summed E-state index contributed by atoms with van der Waals surface area (Å²) in [5.74, 6) is -2.08. The summed E-state index contributed by atoms with van der Waals surface area (Å²) in [6.07, 6.45) is 0. The monoisotopic (exact) mass is 461 g/mol. The third kappa shape index (κ3) is 3.62. The Morgan fingerprint density at radius 1 is 1.19 bits per heavy atom. The molecule has 4 nitrogen and oxygen atoms in total. The number of anilines is 1. The number of sulfonamides is 1. The largest absolute Gasteiger partial charge is 0.391 e. The van der Waals surface area contributed by atoms with Gasteiger partial charge in [-0.25, -0.2) is 17.2 Å². The number of hydrogen-bond acceptors (Lipinski definition) is 4. The Bertz CT molecular complexity index is 770. The van der Waals surface area contributed by atoms with Crippen molar-refractivity contribution in [3.05, 3.63) is 43.0 Å². The van der Waals surface area contributed by atoms with Gasteiger partial charge in [0.15, 0.2) is 11.6 Å². The molecule has 114 valence electrons. The van der Waals surface area contributed by atoms with Crippen molar-refractivity contribution < 1.29 is 22.3 Å². The van der Waals surface area contributed by atoms with Crippen LogP contribution in [0.2, 0.25) is 0 Å². The molecule has 2 rings (SSSR count). The molecular formula is C11H7Br2F2NO3S2. The highest BCUT2D eigenvalue weighted by Crippen LogP contribution is 2.34. The molecule has 0 amide bonds. The number of rotatable bonds is 4. The molecule has 2 aromatic rings. The van der Waals surface area contributed by atoms with E-state index in [1.807, 2.05) is 4.72 Å². The van der Waals surface area contributed by atoms with E-state index in [9.17, 15) is 17.2 Å². The van der Waals surface area contributed by atoms with Crippen LogP contribution in [-0.4, -0.2) is 13.5 Å². The summed E-state index contributed by atoms with van der Waals surface area (Å²) in [6.45, 7) is -0.334. The van der Waals surface area contributed by atoms with Gasteiger partial charge in [0.25, 0.3) is 10.0 Å². The topological polar surface area (TPSA) is 66.4 Å². The van der Waals surface area contributed by atoms with Crippen molar-refractivity contribution in [3.63, 3.8) is 0 Å². The van der Waals surface area contributed by atoms with Crippen molar-refractivity contribution in [3.8, 4) is 0 Å². The molecule has 0 saturated carbocycles. The minimum Gasteiger partial charge on any atom is -0.391 e. The van der Waals surface area contributed by atoms with Crippen LogP contribution in [0.15, 0.2) is 31.4 Å². The zero-order valence-electron chi connectivity index (χ0n) is 10.0. The zero-order valence-corrected chi connectivity index (χ0v) is 14.8. The van der Waals surface area contributed by atoms with E-state index in [1.165, 1.54) is 6.07 Å². The summed E-state index contributed by atoms with van der Waals surface area (Å²) in [6, 6.07) is 3.12. The lowest BCUT2D eigenvalue weighted by atomic mass is 10.3. The molecule has 1 heterocycles. The van der Waals surface area contributed by atoms with E-state index in [2.05, 4.69) is 31.9 Å². The zero-order chi connectivity index (χ0) is 15.8. The second-order valence-electron chi connectivity index (χ2n) is 3.86. The predicted octanol–water partition coefficient (Wildman–Crippen LogP) is 3.84. The summed E-state index contributed by atoms with van der Waals surface area (Å²) in [5.41, 5.74) is -0.762. The first-order valence-electron chi connectivity index (χ1n) is 5.31. The van der Waals surface area contributed by atoms with Gasteiger partial charge in [0, 0.05) is 9.35 Å². The van der Waals surface area contributed by atoms with Crippen LogP contribution in [0, 0.1) is 11.6 Å². The minimum absolute atomic E-state index is 0.153. The SMILES string of the molecule is O=S(=O)(Nc1c(F)cc(Br)cc1F)c1cc(CO)sc1Br. The Kier molecular flexibility index (Phi) is 5.03.